The van der Waals surface area contributed by atoms with Crippen molar-refractivity contribution in [2.24, 2.45) is 0 Å². The van der Waals surface area contributed by atoms with Gasteiger partial charge in [-0.1, -0.05) is 31.9 Å². The Kier molecular flexibility index (Phi) is 5.05. The summed E-state index contributed by atoms with van der Waals surface area (Å²) in [6.07, 6.45) is 13.1. The van der Waals surface area contributed by atoms with Gasteiger partial charge in [0.2, 0.25) is 0 Å². The molecule has 1 unspecified atom stereocenters. The second kappa shape index (κ2) is 6.41. The smallest absolute Gasteiger partial charge is 0.331 e. The molecule has 2 nitrogen and oxygen atoms in total. The zero-order valence-electron chi connectivity index (χ0n) is 8.74. The van der Waals surface area contributed by atoms with Crippen LogP contribution in [0.3, 0.4) is 0 Å². The Labute approximate surface area is 85.6 Å². The quantitative estimate of drug-likeness (QED) is 0.382. The van der Waals surface area contributed by atoms with Crippen LogP contribution in [-0.2, 0) is 9.53 Å². The van der Waals surface area contributed by atoms with Crippen LogP contribution in [0.5, 0.6) is 0 Å². The van der Waals surface area contributed by atoms with Crippen molar-refractivity contribution in [2.75, 3.05) is 0 Å². The lowest BCUT2D eigenvalue weighted by atomic mass is 10.1. The fraction of sp³-hybridized carbons (Fsp3) is 0.583. The normalized spacial score (nSPS) is 21.5. The van der Waals surface area contributed by atoms with E-state index >= 15 is 0 Å². The summed E-state index contributed by atoms with van der Waals surface area (Å²) in [7, 11) is 0. The first kappa shape index (κ1) is 11.0. The lowest BCUT2D eigenvalue weighted by Crippen LogP contribution is -2.17. The molecule has 0 radical (unpaired) electrons. The zero-order valence-corrected chi connectivity index (χ0v) is 8.74. The van der Waals surface area contributed by atoms with E-state index in [0.29, 0.717) is 0 Å². The molecule has 0 bridgehead atoms. The average molecular weight is 194 g/mol. The van der Waals surface area contributed by atoms with Gasteiger partial charge in [0.25, 0.3) is 0 Å². The van der Waals surface area contributed by atoms with Gasteiger partial charge in [-0.25, -0.2) is 4.79 Å². The van der Waals surface area contributed by atoms with Crippen molar-refractivity contribution in [3.63, 3.8) is 0 Å². The minimum Gasteiger partial charge on any atom is -0.455 e. The minimum absolute atomic E-state index is 0.0332. The molecule has 2 heteroatoms. The lowest BCUT2D eigenvalue weighted by molar-refractivity contribution is -0.141. The van der Waals surface area contributed by atoms with E-state index in [9.17, 15) is 4.79 Å². The van der Waals surface area contributed by atoms with Gasteiger partial charge in [-0.2, -0.15) is 0 Å². The van der Waals surface area contributed by atoms with E-state index in [2.05, 4.69) is 13.0 Å². The first-order chi connectivity index (χ1) is 6.83. The number of allylic oxidation sites excluding steroid dienone is 1. The SMILES string of the molecule is CCCCCC=CC1CC=CC(=O)O1. The highest BCUT2D eigenvalue weighted by Crippen LogP contribution is 2.09. The minimum atomic E-state index is -0.223. The monoisotopic (exact) mass is 194 g/mol. The zero-order chi connectivity index (χ0) is 10.2. The van der Waals surface area contributed by atoms with E-state index in [4.69, 9.17) is 4.74 Å². The Morgan fingerprint density at radius 3 is 3.14 bits per heavy atom. The molecule has 0 N–H and O–H groups in total. The number of ether oxygens (including phenoxy) is 1. The summed E-state index contributed by atoms with van der Waals surface area (Å²) >= 11 is 0. The Morgan fingerprint density at radius 1 is 1.57 bits per heavy atom. The molecule has 14 heavy (non-hydrogen) atoms. The average Bonchev–Trinajstić information content (AvgIpc) is 2.18. The van der Waals surface area contributed by atoms with Crippen molar-refractivity contribution in [3.8, 4) is 0 Å². The van der Waals surface area contributed by atoms with Gasteiger partial charge in [0.15, 0.2) is 0 Å². The number of hydrogen-bond donors (Lipinski definition) is 0. The van der Waals surface area contributed by atoms with Gasteiger partial charge in [0.05, 0.1) is 0 Å². The third-order valence-electron chi connectivity index (χ3n) is 2.21. The summed E-state index contributed by atoms with van der Waals surface area (Å²) in [4.78, 5) is 10.9. The Morgan fingerprint density at radius 2 is 2.43 bits per heavy atom. The second-order valence-electron chi connectivity index (χ2n) is 3.54. The van der Waals surface area contributed by atoms with Crippen LogP contribution in [0, 0.1) is 0 Å². The number of rotatable bonds is 5. The number of cyclic esters (lactones) is 1. The van der Waals surface area contributed by atoms with E-state index in [1.807, 2.05) is 12.2 Å². The van der Waals surface area contributed by atoms with Crippen LogP contribution < -0.4 is 0 Å². The molecule has 0 saturated heterocycles. The van der Waals surface area contributed by atoms with Gasteiger partial charge in [-0.15, -0.1) is 0 Å². The molecule has 1 rings (SSSR count). The van der Waals surface area contributed by atoms with E-state index in [-0.39, 0.29) is 12.1 Å². The van der Waals surface area contributed by atoms with E-state index in [0.717, 1.165) is 12.8 Å². The molecule has 78 valence electrons. The molecule has 0 aromatic heterocycles. The van der Waals surface area contributed by atoms with E-state index in [1.165, 1.54) is 25.3 Å². The topological polar surface area (TPSA) is 26.3 Å². The Hall–Kier alpha value is -1.05. The van der Waals surface area contributed by atoms with E-state index < -0.39 is 0 Å². The van der Waals surface area contributed by atoms with Gasteiger partial charge < -0.3 is 4.74 Å². The molecule has 0 aromatic rings. The highest BCUT2D eigenvalue weighted by atomic mass is 16.5. The number of carbonyl (C=O) groups excluding carboxylic acids is 1. The molecular formula is C12H18O2. The summed E-state index contributed by atoms with van der Waals surface area (Å²) in [5, 5.41) is 0. The maximum absolute atomic E-state index is 10.9. The molecule has 0 aromatic carbocycles. The van der Waals surface area contributed by atoms with Gasteiger partial charge in [-0.3, -0.25) is 0 Å². The molecule has 1 aliphatic rings. The van der Waals surface area contributed by atoms with Crippen LogP contribution in [0.4, 0.5) is 0 Å². The van der Waals surface area contributed by atoms with Crippen LogP contribution in [-0.4, -0.2) is 12.1 Å². The summed E-state index contributed by atoms with van der Waals surface area (Å²) in [5.41, 5.74) is 0. The van der Waals surface area contributed by atoms with Gasteiger partial charge in [-0.05, 0) is 18.9 Å². The molecule has 1 heterocycles. The summed E-state index contributed by atoms with van der Waals surface area (Å²) in [6, 6.07) is 0. The molecule has 1 aliphatic heterocycles. The molecule has 0 fully saturated rings. The van der Waals surface area contributed by atoms with Crippen LogP contribution in [0.1, 0.15) is 39.0 Å². The van der Waals surface area contributed by atoms with Crippen LogP contribution >= 0.6 is 0 Å². The Balaban J connectivity index is 2.17. The van der Waals surface area contributed by atoms with Crippen molar-refractivity contribution in [3.05, 3.63) is 24.3 Å². The van der Waals surface area contributed by atoms with Crippen LogP contribution in [0.15, 0.2) is 24.3 Å². The first-order valence-corrected chi connectivity index (χ1v) is 5.36. The van der Waals surface area contributed by atoms with Gasteiger partial charge in [0.1, 0.15) is 6.10 Å². The highest BCUT2D eigenvalue weighted by molar-refractivity contribution is 5.82. The molecule has 0 spiro atoms. The second-order valence-corrected chi connectivity index (χ2v) is 3.54. The van der Waals surface area contributed by atoms with E-state index in [1.54, 1.807) is 0 Å². The third kappa shape index (κ3) is 4.26. The van der Waals surface area contributed by atoms with Crippen molar-refractivity contribution < 1.29 is 9.53 Å². The molecule has 0 saturated carbocycles. The predicted octanol–water partition coefficient (Wildman–Crippen LogP) is 2.99. The van der Waals surface area contributed by atoms with Gasteiger partial charge in [0, 0.05) is 12.5 Å². The molecule has 0 amide bonds. The number of hydrogen-bond acceptors (Lipinski definition) is 2. The lowest BCUT2D eigenvalue weighted by Gasteiger charge is -2.14. The van der Waals surface area contributed by atoms with Gasteiger partial charge >= 0.3 is 5.97 Å². The number of unbranched alkanes of at least 4 members (excludes halogenated alkanes) is 3. The number of esters is 1. The summed E-state index contributed by atoms with van der Waals surface area (Å²) < 4.78 is 5.08. The summed E-state index contributed by atoms with van der Waals surface area (Å²) in [6.45, 7) is 2.19. The highest BCUT2D eigenvalue weighted by Gasteiger charge is 2.11. The van der Waals surface area contributed by atoms with Crippen LogP contribution in [0.2, 0.25) is 0 Å². The molecule has 0 aliphatic carbocycles. The fourth-order valence-electron chi connectivity index (χ4n) is 1.41. The van der Waals surface area contributed by atoms with Crippen molar-refractivity contribution >= 4 is 5.97 Å². The molecule has 1 atom stereocenters. The third-order valence-corrected chi connectivity index (χ3v) is 2.21. The Bertz CT molecular complexity index is 228. The maximum Gasteiger partial charge on any atom is 0.331 e. The predicted molar refractivity (Wildman–Crippen MR) is 56.9 cm³/mol. The number of carbonyl (C=O) groups is 1. The first-order valence-electron chi connectivity index (χ1n) is 5.36. The fourth-order valence-corrected chi connectivity index (χ4v) is 1.41. The van der Waals surface area contributed by atoms with Crippen molar-refractivity contribution in [2.45, 2.75) is 45.1 Å². The summed E-state index contributed by atoms with van der Waals surface area (Å²) in [5.74, 6) is -0.223. The molecular weight excluding hydrogens is 176 g/mol. The standard InChI is InChI=1S/C12H18O2/c1-2-3-4-5-6-8-11-9-7-10-12(13)14-11/h6-8,10-11H,2-5,9H2,1H3. The van der Waals surface area contributed by atoms with Crippen LogP contribution in [0.25, 0.3) is 0 Å². The largest absolute Gasteiger partial charge is 0.455 e. The van der Waals surface area contributed by atoms with Crippen molar-refractivity contribution in [1.29, 1.82) is 0 Å². The van der Waals surface area contributed by atoms with Crippen molar-refractivity contribution in [1.82, 2.24) is 0 Å². The maximum atomic E-state index is 10.9.